The highest BCUT2D eigenvalue weighted by Crippen LogP contribution is 2.18. The highest BCUT2D eigenvalue weighted by Gasteiger charge is 2.10. The van der Waals surface area contributed by atoms with Crippen LogP contribution >= 0.6 is 0 Å². The van der Waals surface area contributed by atoms with Gasteiger partial charge in [-0.25, -0.2) is 0 Å². The molecule has 4 rings (SSSR count). The lowest BCUT2D eigenvalue weighted by molar-refractivity contribution is 0.101. The molecule has 0 aromatic heterocycles. The summed E-state index contributed by atoms with van der Waals surface area (Å²) in [5.74, 6) is -0.214. The monoisotopic (exact) mass is 434 g/mol. The number of hydrogen-bond donors (Lipinski definition) is 2. The Morgan fingerprint density at radius 3 is 1.27 bits per heavy atom. The first-order valence-corrected chi connectivity index (χ1v) is 10.9. The van der Waals surface area contributed by atoms with Crippen molar-refractivity contribution in [3.05, 3.63) is 130 Å². The van der Waals surface area contributed by atoms with Crippen LogP contribution in [0.15, 0.2) is 97.1 Å². The number of nitrogens with one attached hydrogen (secondary N) is 2. The molecule has 0 unspecified atom stereocenters. The number of aryl methyl sites for hydroxylation is 2. The molecule has 0 bridgehead atoms. The zero-order valence-electron chi connectivity index (χ0n) is 18.8. The first-order valence-electron chi connectivity index (χ1n) is 10.9. The Kier molecular flexibility index (Phi) is 6.65. The maximum absolute atomic E-state index is 12.5. The maximum atomic E-state index is 12.5. The molecular formula is C29H26N2O2. The summed E-state index contributed by atoms with van der Waals surface area (Å²) in [5, 5.41) is 5.91. The third-order valence-corrected chi connectivity index (χ3v) is 5.61. The van der Waals surface area contributed by atoms with Gasteiger partial charge in [-0.15, -0.1) is 0 Å². The van der Waals surface area contributed by atoms with E-state index in [1.54, 1.807) is 0 Å². The van der Waals surface area contributed by atoms with Gasteiger partial charge >= 0.3 is 0 Å². The largest absolute Gasteiger partial charge is 0.322 e. The standard InChI is InChI=1S/C29H26N2O2/c1-20-7-3-5-9-26(20)28(32)30-24-15-11-22(12-16-24)19-23-13-17-25(18-14-23)31-29(33)27-10-6-4-8-21(27)2/h3-18H,19H2,1-2H3,(H,30,32)(H,31,33). The van der Waals surface area contributed by atoms with E-state index in [4.69, 9.17) is 0 Å². The van der Waals surface area contributed by atoms with Crippen molar-refractivity contribution in [3.8, 4) is 0 Å². The summed E-state index contributed by atoms with van der Waals surface area (Å²) in [6.07, 6.45) is 0.762. The molecule has 33 heavy (non-hydrogen) atoms. The van der Waals surface area contributed by atoms with E-state index in [0.717, 1.165) is 40.0 Å². The van der Waals surface area contributed by atoms with Crippen LogP contribution in [0.5, 0.6) is 0 Å². The predicted octanol–water partition coefficient (Wildman–Crippen LogP) is 6.40. The summed E-state index contributed by atoms with van der Waals surface area (Å²) in [6, 6.07) is 30.8. The van der Waals surface area contributed by atoms with Gasteiger partial charge in [0.2, 0.25) is 0 Å². The van der Waals surface area contributed by atoms with Crippen LogP contribution in [0, 0.1) is 13.8 Å². The van der Waals surface area contributed by atoms with Crippen molar-refractivity contribution < 1.29 is 9.59 Å². The van der Waals surface area contributed by atoms with Gasteiger partial charge in [-0.3, -0.25) is 9.59 Å². The summed E-state index contributed by atoms with van der Waals surface area (Å²) in [4.78, 5) is 25.0. The van der Waals surface area contributed by atoms with Crippen LogP contribution in [-0.4, -0.2) is 11.8 Å². The minimum atomic E-state index is -0.107. The zero-order chi connectivity index (χ0) is 23.2. The third-order valence-electron chi connectivity index (χ3n) is 5.61. The molecule has 0 aliphatic carbocycles. The molecule has 0 saturated heterocycles. The van der Waals surface area contributed by atoms with E-state index in [2.05, 4.69) is 10.6 Å². The fraction of sp³-hybridized carbons (Fsp3) is 0.103. The fourth-order valence-corrected chi connectivity index (χ4v) is 3.70. The first kappa shape index (κ1) is 22.0. The van der Waals surface area contributed by atoms with Crippen molar-refractivity contribution in [1.29, 1.82) is 0 Å². The summed E-state index contributed by atoms with van der Waals surface area (Å²) in [7, 11) is 0. The molecule has 0 spiro atoms. The second-order valence-corrected chi connectivity index (χ2v) is 8.11. The van der Waals surface area contributed by atoms with Crippen molar-refractivity contribution in [3.63, 3.8) is 0 Å². The normalized spacial score (nSPS) is 10.5. The molecule has 4 heteroatoms. The zero-order valence-corrected chi connectivity index (χ0v) is 18.8. The van der Waals surface area contributed by atoms with E-state index in [1.807, 2.05) is 111 Å². The summed E-state index contributed by atoms with van der Waals surface area (Å²) in [5.41, 5.74) is 7.06. The molecule has 2 N–H and O–H groups in total. The molecule has 4 aromatic carbocycles. The lowest BCUT2D eigenvalue weighted by Crippen LogP contribution is -2.13. The number of hydrogen-bond acceptors (Lipinski definition) is 2. The van der Waals surface area contributed by atoms with Crippen LogP contribution in [0.4, 0.5) is 11.4 Å². The maximum Gasteiger partial charge on any atom is 0.255 e. The lowest BCUT2D eigenvalue weighted by atomic mass is 10.0. The van der Waals surface area contributed by atoms with Crippen LogP contribution in [0.2, 0.25) is 0 Å². The Bertz CT molecular complexity index is 1170. The molecule has 0 heterocycles. The van der Waals surface area contributed by atoms with Crippen LogP contribution in [0.1, 0.15) is 43.0 Å². The first-order chi connectivity index (χ1) is 16.0. The van der Waals surface area contributed by atoms with Crippen LogP contribution in [-0.2, 0) is 6.42 Å². The quantitative estimate of drug-likeness (QED) is 0.369. The van der Waals surface area contributed by atoms with Crippen LogP contribution in [0.25, 0.3) is 0 Å². The van der Waals surface area contributed by atoms with Crippen molar-refractivity contribution in [1.82, 2.24) is 0 Å². The number of rotatable bonds is 6. The minimum Gasteiger partial charge on any atom is -0.322 e. The smallest absolute Gasteiger partial charge is 0.255 e. The average molecular weight is 435 g/mol. The molecule has 0 atom stereocenters. The molecular weight excluding hydrogens is 408 g/mol. The molecule has 0 saturated carbocycles. The molecule has 0 aliphatic heterocycles. The molecule has 0 radical (unpaired) electrons. The number of benzene rings is 4. The fourth-order valence-electron chi connectivity index (χ4n) is 3.70. The Hall–Kier alpha value is -4.18. The van der Waals surface area contributed by atoms with E-state index in [1.165, 1.54) is 0 Å². The summed E-state index contributed by atoms with van der Waals surface area (Å²) >= 11 is 0. The van der Waals surface area contributed by atoms with E-state index < -0.39 is 0 Å². The Morgan fingerprint density at radius 1 is 0.545 bits per heavy atom. The molecule has 4 aromatic rings. The van der Waals surface area contributed by atoms with Gasteiger partial charge in [0.15, 0.2) is 0 Å². The van der Waals surface area contributed by atoms with Gasteiger partial charge in [-0.05, 0) is 78.9 Å². The predicted molar refractivity (Wildman–Crippen MR) is 134 cm³/mol. The highest BCUT2D eigenvalue weighted by molar-refractivity contribution is 6.05. The number of anilines is 2. The molecule has 0 aliphatic rings. The SMILES string of the molecule is Cc1ccccc1C(=O)Nc1ccc(Cc2ccc(NC(=O)c3ccccc3C)cc2)cc1. The van der Waals surface area contributed by atoms with E-state index in [9.17, 15) is 9.59 Å². The van der Waals surface area contributed by atoms with E-state index >= 15 is 0 Å². The van der Waals surface area contributed by atoms with Gasteiger partial charge in [0, 0.05) is 22.5 Å². The van der Waals surface area contributed by atoms with Crippen molar-refractivity contribution in [2.45, 2.75) is 20.3 Å². The average Bonchev–Trinajstić information content (AvgIpc) is 2.82. The van der Waals surface area contributed by atoms with Crippen molar-refractivity contribution in [2.24, 2.45) is 0 Å². The number of carbonyl (C=O) groups is 2. The van der Waals surface area contributed by atoms with Crippen LogP contribution in [0.3, 0.4) is 0 Å². The van der Waals surface area contributed by atoms with E-state index in [0.29, 0.717) is 11.1 Å². The van der Waals surface area contributed by atoms with Gasteiger partial charge in [0.05, 0.1) is 0 Å². The molecule has 4 nitrogen and oxygen atoms in total. The molecule has 0 fully saturated rings. The van der Waals surface area contributed by atoms with E-state index in [-0.39, 0.29) is 11.8 Å². The lowest BCUT2D eigenvalue weighted by Gasteiger charge is -2.10. The number of amides is 2. The third kappa shape index (κ3) is 5.55. The Balaban J connectivity index is 1.35. The summed E-state index contributed by atoms with van der Waals surface area (Å²) < 4.78 is 0. The van der Waals surface area contributed by atoms with Crippen molar-refractivity contribution >= 4 is 23.2 Å². The van der Waals surface area contributed by atoms with Crippen molar-refractivity contribution in [2.75, 3.05) is 10.6 Å². The van der Waals surface area contributed by atoms with Gasteiger partial charge in [0.25, 0.3) is 11.8 Å². The highest BCUT2D eigenvalue weighted by atomic mass is 16.2. The Labute approximate surface area is 194 Å². The Morgan fingerprint density at radius 2 is 0.909 bits per heavy atom. The molecule has 164 valence electrons. The van der Waals surface area contributed by atoms with Gasteiger partial charge in [-0.2, -0.15) is 0 Å². The second-order valence-electron chi connectivity index (χ2n) is 8.11. The van der Waals surface area contributed by atoms with Gasteiger partial charge < -0.3 is 10.6 Å². The van der Waals surface area contributed by atoms with Gasteiger partial charge in [0.1, 0.15) is 0 Å². The number of carbonyl (C=O) groups excluding carboxylic acids is 2. The van der Waals surface area contributed by atoms with Crippen LogP contribution < -0.4 is 10.6 Å². The molecule has 2 amide bonds. The van der Waals surface area contributed by atoms with Gasteiger partial charge in [-0.1, -0.05) is 60.7 Å². The topological polar surface area (TPSA) is 58.2 Å². The second kappa shape index (κ2) is 9.96. The summed E-state index contributed by atoms with van der Waals surface area (Å²) in [6.45, 7) is 3.86. The minimum absolute atomic E-state index is 0.107.